The van der Waals surface area contributed by atoms with Crippen LogP contribution in [0.25, 0.3) is 11.3 Å². The van der Waals surface area contributed by atoms with Crippen LogP contribution < -0.4 is 0 Å². The molecule has 13 atom stereocenters. The Balaban J connectivity index is 1.43. The second kappa shape index (κ2) is 18.7. The van der Waals surface area contributed by atoms with Crippen LogP contribution in [0.15, 0.2) is 37.1 Å². The number of aryl methyl sites for hydroxylation is 1. The Morgan fingerprint density at radius 3 is 2.36 bits per heavy atom. The molecule has 3 aliphatic heterocycles. The van der Waals surface area contributed by atoms with Gasteiger partial charge in [-0.25, -0.2) is 9.78 Å². The number of methoxy groups -OCH3 is 1. The van der Waals surface area contributed by atoms with E-state index < -0.39 is 83.4 Å². The summed E-state index contributed by atoms with van der Waals surface area (Å²) in [6.07, 6.45) is 4.45. The van der Waals surface area contributed by atoms with Gasteiger partial charge in [0.05, 0.1) is 35.9 Å². The van der Waals surface area contributed by atoms with Crippen molar-refractivity contribution in [2.45, 2.75) is 148 Å². The topological polar surface area (TPSA) is 172 Å². The molecule has 0 saturated carbocycles. The van der Waals surface area contributed by atoms with E-state index in [0.29, 0.717) is 32.4 Å². The highest BCUT2D eigenvalue weighted by Crippen LogP contribution is 2.43. The van der Waals surface area contributed by atoms with Crippen LogP contribution in [0.5, 0.6) is 0 Å². The Bertz CT molecular complexity index is 1740. The van der Waals surface area contributed by atoms with Gasteiger partial charge >= 0.3 is 12.1 Å². The maximum absolute atomic E-state index is 14.7. The molecule has 0 spiro atoms. The van der Waals surface area contributed by atoms with Gasteiger partial charge in [0.1, 0.15) is 23.9 Å². The number of rotatable bonds is 11. The van der Waals surface area contributed by atoms with Crippen molar-refractivity contribution >= 4 is 23.6 Å². The summed E-state index contributed by atoms with van der Waals surface area (Å²) >= 11 is 0. The molecule has 15 heteroatoms. The number of aliphatic hydroxyl groups is 1. The Morgan fingerprint density at radius 2 is 1.72 bits per heavy atom. The van der Waals surface area contributed by atoms with E-state index in [0.717, 1.165) is 11.3 Å². The largest absolute Gasteiger partial charge is 0.458 e. The summed E-state index contributed by atoms with van der Waals surface area (Å²) in [4.78, 5) is 69.0. The molecule has 0 unspecified atom stereocenters. The van der Waals surface area contributed by atoms with E-state index in [1.807, 2.05) is 62.7 Å². The predicted octanol–water partition coefficient (Wildman–Crippen LogP) is 4.93. The fourth-order valence-electron chi connectivity index (χ4n) is 9.43. The van der Waals surface area contributed by atoms with Gasteiger partial charge in [-0.15, -0.1) is 0 Å². The molecule has 0 aliphatic carbocycles. The van der Waals surface area contributed by atoms with Gasteiger partial charge in [-0.05, 0) is 86.0 Å². The fourth-order valence-corrected chi connectivity index (χ4v) is 9.43. The van der Waals surface area contributed by atoms with Gasteiger partial charge in [-0.2, -0.15) is 0 Å². The maximum Gasteiger partial charge on any atom is 0.410 e. The van der Waals surface area contributed by atoms with Crippen molar-refractivity contribution in [3.05, 3.63) is 37.1 Å². The average molecular weight is 812 g/mol. The van der Waals surface area contributed by atoms with Crippen molar-refractivity contribution in [1.29, 1.82) is 0 Å². The highest BCUT2D eigenvalue weighted by Gasteiger charge is 2.60. The van der Waals surface area contributed by atoms with Crippen molar-refractivity contribution in [3.63, 3.8) is 0 Å². The lowest BCUT2D eigenvalue weighted by Crippen LogP contribution is -2.60. The van der Waals surface area contributed by atoms with E-state index in [2.05, 4.69) is 9.97 Å². The van der Waals surface area contributed by atoms with Crippen molar-refractivity contribution in [1.82, 2.24) is 24.3 Å². The summed E-state index contributed by atoms with van der Waals surface area (Å²) in [5.74, 6) is -4.95. The smallest absolute Gasteiger partial charge is 0.410 e. The van der Waals surface area contributed by atoms with Crippen LogP contribution in [0.1, 0.15) is 87.5 Å². The van der Waals surface area contributed by atoms with Gasteiger partial charge < -0.3 is 43.2 Å². The number of cyclic esters (lactones) is 1. The summed E-state index contributed by atoms with van der Waals surface area (Å²) in [6.45, 7) is 14.9. The Morgan fingerprint density at radius 1 is 1.02 bits per heavy atom. The van der Waals surface area contributed by atoms with Crippen molar-refractivity contribution in [2.24, 2.45) is 23.7 Å². The number of aromatic nitrogens is 3. The Hall–Kier alpha value is -3.76. The third-order valence-electron chi connectivity index (χ3n) is 12.8. The highest BCUT2D eigenvalue weighted by molar-refractivity contribution is 6.00. The molecule has 0 bridgehead atoms. The molecule has 15 nitrogen and oxygen atoms in total. The molecule has 1 N–H and O–H groups in total. The predicted molar refractivity (Wildman–Crippen MR) is 214 cm³/mol. The number of fused-ring (bicyclic) bond motifs is 1. The number of carbonyl (C=O) groups excluding carboxylic acids is 4. The number of esters is 1. The molecule has 3 aliphatic rings. The number of amides is 1. The first kappa shape index (κ1) is 45.3. The van der Waals surface area contributed by atoms with Gasteiger partial charge in [0.25, 0.3) is 0 Å². The number of ketones is 2. The summed E-state index contributed by atoms with van der Waals surface area (Å²) in [7, 11) is 5.24. The molecule has 5 rings (SSSR count). The number of carbonyl (C=O) groups is 4. The van der Waals surface area contributed by atoms with E-state index in [9.17, 15) is 24.3 Å². The minimum Gasteiger partial charge on any atom is -0.458 e. The molecular weight excluding hydrogens is 746 g/mol. The van der Waals surface area contributed by atoms with E-state index >= 15 is 0 Å². The SMILES string of the molecule is CC[C@@H]1OC(=O)[C@@H](C)C(=O)[C@H](C)[C@@H](O[C@@H]2O[C@H](C)C[C@H](N(C)C)[C@H]2O)[C@](C)(OC)C[C@@H](C)C(=O)[C@@H](C)[C@H]2N(CCCCn3cnc(-c4cccnc4)c3)C(=O)O[C@]12C. The summed E-state index contributed by atoms with van der Waals surface area (Å²) in [5.41, 5.74) is -0.938. The second-order valence-electron chi connectivity index (χ2n) is 17.3. The lowest BCUT2D eigenvalue weighted by atomic mass is 9.73. The second-order valence-corrected chi connectivity index (χ2v) is 17.3. The van der Waals surface area contributed by atoms with Gasteiger partial charge in [0, 0.05) is 68.1 Å². The molecule has 58 heavy (non-hydrogen) atoms. The van der Waals surface area contributed by atoms with E-state index in [4.69, 9.17) is 23.7 Å². The van der Waals surface area contributed by atoms with Crippen LogP contribution in [0, 0.1) is 23.7 Å². The van der Waals surface area contributed by atoms with Gasteiger partial charge in [0.15, 0.2) is 17.7 Å². The summed E-state index contributed by atoms with van der Waals surface area (Å²) in [6, 6.07) is 2.74. The summed E-state index contributed by atoms with van der Waals surface area (Å²) < 4.78 is 33.2. The molecule has 1 amide bonds. The third-order valence-corrected chi connectivity index (χ3v) is 12.8. The van der Waals surface area contributed by atoms with Gasteiger partial charge in [-0.1, -0.05) is 27.7 Å². The first-order valence-corrected chi connectivity index (χ1v) is 20.8. The third kappa shape index (κ3) is 9.33. The molecule has 2 aromatic rings. The standard InChI is InChI=1S/C43H65N5O10/c1-12-33-43(8)37(48(41(53)58-43)19-14-13-18-47-23-31(45-24-47)30-16-15-17-44-22-30)27(4)34(49)25(2)21-42(7,54-11)38(28(5)35(50)29(6)39(52)56-33)57-40-36(51)32(46(9)10)20-26(3)55-40/h15-17,22-29,32-33,36-38,40,51H,12-14,18-21H2,1-11H3/t25-,26-,27-,28+,29+,32+,33+,36-,37-,38-,40+,42-,43-/m1/s1. The van der Waals surface area contributed by atoms with Crippen molar-refractivity contribution in [3.8, 4) is 11.3 Å². The number of imidazole rings is 1. The minimum atomic E-state index is -1.40. The number of ether oxygens (including phenoxy) is 5. The molecular formula is C43H65N5O10. The number of nitrogens with zero attached hydrogens (tertiary/aromatic N) is 5. The maximum atomic E-state index is 14.7. The molecule has 3 fully saturated rings. The Kier molecular flexibility index (Phi) is 14.6. The molecule has 3 saturated heterocycles. The lowest BCUT2D eigenvalue weighted by molar-refractivity contribution is -0.295. The van der Waals surface area contributed by atoms with E-state index in [-0.39, 0.29) is 30.8 Å². The lowest BCUT2D eigenvalue weighted by Gasteiger charge is -2.47. The monoisotopic (exact) mass is 811 g/mol. The van der Waals surface area contributed by atoms with Crippen LogP contribution >= 0.6 is 0 Å². The first-order valence-electron chi connectivity index (χ1n) is 20.8. The number of hydrogen-bond donors (Lipinski definition) is 1. The zero-order valence-corrected chi connectivity index (χ0v) is 36.1. The number of hydrogen-bond acceptors (Lipinski definition) is 13. The van der Waals surface area contributed by atoms with Crippen LogP contribution in [-0.4, -0.2) is 135 Å². The van der Waals surface area contributed by atoms with Crippen LogP contribution in [0.4, 0.5) is 4.79 Å². The quantitative estimate of drug-likeness (QED) is 0.184. The van der Waals surface area contributed by atoms with Crippen LogP contribution in [0.3, 0.4) is 0 Å². The normalized spacial score (nSPS) is 36.7. The van der Waals surface area contributed by atoms with Gasteiger partial charge in [0.2, 0.25) is 0 Å². The first-order chi connectivity index (χ1) is 27.4. The number of pyridine rings is 1. The zero-order chi connectivity index (χ0) is 42.7. The van der Waals surface area contributed by atoms with Crippen molar-refractivity contribution < 1.29 is 48.0 Å². The minimum absolute atomic E-state index is 0.130. The molecule has 322 valence electrons. The summed E-state index contributed by atoms with van der Waals surface area (Å²) in [5, 5.41) is 11.4. The number of likely N-dealkylation sites (N-methyl/N-ethyl adjacent to an activating group) is 1. The van der Waals surface area contributed by atoms with Crippen LogP contribution in [-0.2, 0) is 44.6 Å². The molecule has 0 radical (unpaired) electrons. The molecule has 0 aromatic carbocycles. The molecule has 5 heterocycles. The van der Waals surface area contributed by atoms with E-state index in [1.165, 1.54) is 14.0 Å². The number of Topliss-reactive ketones (excluding diaryl/α,β-unsaturated/α-hetero) is 2. The zero-order valence-electron chi connectivity index (χ0n) is 36.1. The molecule has 2 aromatic heterocycles. The fraction of sp³-hybridized carbons (Fsp3) is 0.721. The van der Waals surface area contributed by atoms with Gasteiger partial charge in [-0.3, -0.25) is 19.4 Å². The van der Waals surface area contributed by atoms with E-state index in [1.54, 1.807) is 51.3 Å². The number of aliphatic hydroxyl groups excluding tert-OH is 1. The number of unbranched alkanes of at least 4 members (excludes halogenated alkanes) is 1. The average Bonchev–Trinajstić information content (AvgIpc) is 3.78. The highest BCUT2D eigenvalue weighted by atomic mass is 16.7. The Labute approximate surface area is 343 Å². The van der Waals surface area contributed by atoms with Crippen LogP contribution in [0.2, 0.25) is 0 Å². The van der Waals surface area contributed by atoms with Crippen molar-refractivity contribution in [2.75, 3.05) is 27.7 Å².